The molecule has 1 fully saturated rings. The van der Waals surface area contributed by atoms with Gasteiger partial charge in [-0.05, 0) is 37.0 Å². The van der Waals surface area contributed by atoms with Gasteiger partial charge in [0.25, 0.3) is 0 Å². The van der Waals surface area contributed by atoms with Crippen LogP contribution in [0.25, 0.3) is 0 Å². The first-order valence-corrected chi connectivity index (χ1v) is 7.94. The molecule has 2 rings (SSSR count). The lowest BCUT2D eigenvalue weighted by Gasteiger charge is -2.42. The maximum atomic E-state index is 10.7. The van der Waals surface area contributed by atoms with Gasteiger partial charge in [0.05, 0.1) is 10.6 Å². The van der Waals surface area contributed by atoms with Crippen molar-refractivity contribution >= 4 is 11.3 Å². The molecule has 2 nitrogen and oxygen atoms in total. The van der Waals surface area contributed by atoms with Crippen LogP contribution in [0.3, 0.4) is 0 Å². The fourth-order valence-corrected chi connectivity index (χ4v) is 3.78. The van der Waals surface area contributed by atoms with Gasteiger partial charge in [-0.15, -0.1) is 11.3 Å². The summed E-state index contributed by atoms with van der Waals surface area (Å²) in [5.41, 5.74) is -0.0827. The quantitative estimate of drug-likeness (QED) is 0.893. The Balaban J connectivity index is 1.93. The maximum Gasteiger partial charge on any atom is 0.0953 e. The van der Waals surface area contributed by atoms with E-state index in [0.717, 1.165) is 43.0 Å². The van der Waals surface area contributed by atoms with Crippen LogP contribution >= 0.6 is 11.3 Å². The minimum Gasteiger partial charge on any atom is -0.389 e. The van der Waals surface area contributed by atoms with E-state index in [9.17, 15) is 5.11 Å². The van der Waals surface area contributed by atoms with Crippen molar-refractivity contribution in [1.29, 1.82) is 0 Å². The topological polar surface area (TPSA) is 33.1 Å². The normalized spacial score (nSPS) is 29.4. The third kappa shape index (κ3) is 3.12. The van der Waals surface area contributed by atoms with E-state index in [2.05, 4.69) is 25.8 Å². The van der Waals surface area contributed by atoms with Gasteiger partial charge < -0.3 is 5.11 Å². The summed E-state index contributed by atoms with van der Waals surface area (Å²) in [6.45, 7) is 7.00. The number of hydrogen-bond acceptors (Lipinski definition) is 3. The summed E-state index contributed by atoms with van der Waals surface area (Å²) in [5.74, 6) is 0.763. The molecule has 0 bridgehead atoms. The van der Waals surface area contributed by atoms with Crippen LogP contribution in [0.5, 0.6) is 0 Å². The molecule has 0 aliphatic heterocycles. The van der Waals surface area contributed by atoms with Crippen LogP contribution in [0.2, 0.25) is 0 Å². The van der Waals surface area contributed by atoms with Crippen LogP contribution in [0.4, 0.5) is 0 Å². The molecule has 1 saturated carbocycles. The second kappa shape index (κ2) is 5.30. The third-order valence-electron chi connectivity index (χ3n) is 4.90. The highest BCUT2D eigenvalue weighted by molar-refractivity contribution is 7.09. The number of hydrogen-bond donors (Lipinski definition) is 1. The van der Waals surface area contributed by atoms with Gasteiger partial charge in [0.15, 0.2) is 0 Å². The lowest BCUT2D eigenvalue weighted by atomic mass is 9.66. The second-order valence-electron chi connectivity index (χ2n) is 6.44. The van der Waals surface area contributed by atoms with Gasteiger partial charge in [-0.2, -0.15) is 0 Å². The van der Waals surface area contributed by atoms with Crippen molar-refractivity contribution in [3.05, 3.63) is 16.6 Å². The summed E-state index contributed by atoms with van der Waals surface area (Å²) < 4.78 is 0. The van der Waals surface area contributed by atoms with E-state index in [-0.39, 0.29) is 0 Å². The summed E-state index contributed by atoms with van der Waals surface area (Å²) in [5, 5.41) is 13.7. The summed E-state index contributed by atoms with van der Waals surface area (Å²) in [6.07, 6.45) is 7.97. The van der Waals surface area contributed by atoms with Crippen LogP contribution in [-0.2, 0) is 6.42 Å². The van der Waals surface area contributed by atoms with E-state index in [0.29, 0.717) is 5.41 Å². The largest absolute Gasteiger partial charge is 0.389 e. The van der Waals surface area contributed by atoms with E-state index in [1.165, 1.54) is 6.42 Å². The van der Waals surface area contributed by atoms with E-state index in [1.807, 2.05) is 11.6 Å². The van der Waals surface area contributed by atoms with E-state index < -0.39 is 5.60 Å². The lowest BCUT2D eigenvalue weighted by molar-refractivity contribution is -0.0276. The van der Waals surface area contributed by atoms with Gasteiger partial charge in [0, 0.05) is 18.0 Å². The highest BCUT2D eigenvalue weighted by Gasteiger charge is 2.38. The first-order chi connectivity index (χ1) is 8.45. The molecule has 0 atom stereocenters. The summed E-state index contributed by atoms with van der Waals surface area (Å²) in [6, 6.07) is 0. The smallest absolute Gasteiger partial charge is 0.0953 e. The zero-order chi connectivity index (χ0) is 13.2. The Morgan fingerprint density at radius 2 is 2.11 bits per heavy atom. The van der Waals surface area contributed by atoms with Crippen molar-refractivity contribution in [2.75, 3.05) is 0 Å². The van der Waals surface area contributed by atoms with Crippen molar-refractivity contribution in [2.24, 2.45) is 11.3 Å². The molecule has 3 heteroatoms. The maximum absolute atomic E-state index is 10.7. The van der Waals surface area contributed by atoms with Crippen LogP contribution in [0.1, 0.15) is 57.9 Å². The van der Waals surface area contributed by atoms with Gasteiger partial charge in [-0.3, -0.25) is 0 Å². The van der Waals surface area contributed by atoms with Gasteiger partial charge in [-0.1, -0.05) is 27.2 Å². The first kappa shape index (κ1) is 14.0. The van der Waals surface area contributed by atoms with Crippen molar-refractivity contribution in [3.63, 3.8) is 0 Å². The molecule has 0 aromatic carbocycles. The molecule has 0 unspecified atom stereocenters. The number of nitrogens with zero attached hydrogens (tertiary/aromatic N) is 1. The lowest BCUT2D eigenvalue weighted by Crippen LogP contribution is -2.39. The van der Waals surface area contributed by atoms with Crippen molar-refractivity contribution in [1.82, 2.24) is 4.98 Å². The molecule has 1 aromatic rings. The molecular formula is C15H25NOS. The minimum atomic E-state index is -0.502. The van der Waals surface area contributed by atoms with Crippen molar-refractivity contribution < 1.29 is 5.11 Å². The Labute approximate surface area is 114 Å². The molecular weight excluding hydrogens is 242 g/mol. The fraction of sp³-hybridized carbons (Fsp3) is 0.800. The van der Waals surface area contributed by atoms with E-state index in [1.54, 1.807) is 11.3 Å². The van der Waals surface area contributed by atoms with Gasteiger partial charge in [-0.25, -0.2) is 4.98 Å². The molecule has 0 radical (unpaired) electrons. The number of aromatic nitrogens is 1. The Hall–Kier alpha value is -0.410. The predicted molar refractivity (Wildman–Crippen MR) is 76.8 cm³/mol. The predicted octanol–water partition coefficient (Wildman–Crippen LogP) is 4.04. The number of thiazole rings is 1. The summed E-state index contributed by atoms with van der Waals surface area (Å²) in [4.78, 5) is 4.30. The Kier molecular flexibility index (Phi) is 4.12. The Bertz CT molecular complexity index is 364. The minimum absolute atomic E-state index is 0.419. The second-order valence-corrected chi connectivity index (χ2v) is 7.42. The number of aliphatic hydroxyl groups is 1. The number of rotatable bonds is 4. The van der Waals surface area contributed by atoms with Crippen LogP contribution < -0.4 is 0 Å². The van der Waals surface area contributed by atoms with Crippen LogP contribution in [0, 0.1) is 11.3 Å². The monoisotopic (exact) mass is 267 g/mol. The average molecular weight is 267 g/mol. The SMILES string of the molecule is CCC(C)(C)C1CCC(O)(Cc2nccs2)CC1. The molecule has 102 valence electrons. The fourth-order valence-electron chi connectivity index (χ4n) is 3.02. The van der Waals surface area contributed by atoms with Crippen LogP contribution in [0.15, 0.2) is 11.6 Å². The van der Waals surface area contributed by atoms with Crippen LogP contribution in [-0.4, -0.2) is 15.7 Å². The standard InChI is InChI=1S/C15H25NOS/c1-4-14(2,3)12-5-7-15(17,8-6-12)11-13-16-9-10-18-13/h9-10,12,17H,4-8,11H2,1-3H3. The molecule has 0 saturated heterocycles. The summed E-state index contributed by atoms with van der Waals surface area (Å²) >= 11 is 1.65. The highest BCUT2D eigenvalue weighted by atomic mass is 32.1. The van der Waals surface area contributed by atoms with Crippen molar-refractivity contribution in [3.8, 4) is 0 Å². The average Bonchev–Trinajstić information content (AvgIpc) is 2.82. The molecule has 1 N–H and O–H groups in total. The highest BCUT2D eigenvalue weighted by Crippen LogP contribution is 2.44. The molecule has 1 heterocycles. The molecule has 0 spiro atoms. The first-order valence-electron chi connectivity index (χ1n) is 7.06. The Morgan fingerprint density at radius 3 is 2.61 bits per heavy atom. The van der Waals surface area contributed by atoms with Gasteiger partial charge in [0.2, 0.25) is 0 Å². The van der Waals surface area contributed by atoms with Gasteiger partial charge >= 0.3 is 0 Å². The van der Waals surface area contributed by atoms with E-state index >= 15 is 0 Å². The zero-order valence-corrected chi connectivity index (χ0v) is 12.6. The third-order valence-corrected chi connectivity index (χ3v) is 5.68. The summed E-state index contributed by atoms with van der Waals surface area (Å²) in [7, 11) is 0. The Morgan fingerprint density at radius 1 is 1.44 bits per heavy atom. The van der Waals surface area contributed by atoms with Crippen molar-refractivity contribution in [2.45, 2.75) is 64.9 Å². The molecule has 18 heavy (non-hydrogen) atoms. The van der Waals surface area contributed by atoms with E-state index in [4.69, 9.17) is 0 Å². The zero-order valence-electron chi connectivity index (χ0n) is 11.8. The molecule has 1 aromatic heterocycles. The molecule has 1 aliphatic rings. The molecule has 1 aliphatic carbocycles. The molecule has 0 amide bonds. The van der Waals surface area contributed by atoms with Gasteiger partial charge in [0.1, 0.15) is 0 Å².